The Bertz CT molecular complexity index is 115. The lowest BCUT2D eigenvalue weighted by atomic mass is 10.1. The van der Waals surface area contributed by atoms with Crippen LogP contribution in [0.25, 0.3) is 0 Å². The Balaban J connectivity index is 1.91. The second-order valence-corrected chi connectivity index (χ2v) is 2.84. The molecular weight excluding hydrogens is 112 g/mol. The highest BCUT2D eigenvalue weighted by Crippen LogP contribution is 2.31. The van der Waals surface area contributed by atoms with Crippen molar-refractivity contribution in [1.29, 1.82) is 0 Å². The van der Waals surface area contributed by atoms with Crippen LogP contribution in [0.1, 0.15) is 25.7 Å². The molecule has 2 atom stereocenters. The normalized spacial score (nSPS) is 44.4. The van der Waals surface area contributed by atoms with E-state index >= 15 is 0 Å². The minimum absolute atomic E-state index is 0.634. The van der Waals surface area contributed by atoms with Crippen molar-refractivity contribution in [3.63, 3.8) is 0 Å². The van der Waals surface area contributed by atoms with Gasteiger partial charge in [-0.2, -0.15) is 0 Å². The summed E-state index contributed by atoms with van der Waals surface area (Å²) < 4.78 is 5.40. The van der Waals surface area contributed by atoms with E-state index in [1.165, 1.54) is 25.7 Å². The van der Waals surface area contributed by atoms with Crippen LogP contribution in [0.3, 0.4) is 0 Å². The van der Waals surface area contributed by atoms with E-state index < -0.39 is 0 Å². The average molecular weight is 124 g/mol. The molecule has 2 aliphatic rings. The fourth-order valence-corrected chi connectivity index (χ4v) is 1.44. The van der Waals surface area contributed by atoms with E-state index in [4.69, 9.17) is 4.74 Å². The van der Waals surface area contributed by atoms with Gasteiger partial charge in [0.2, 0.25) is 0 Å². The Morgan fingerprint density at radius 2 is 1.56 bits per heavy atom. The molecule has 0 spiro atoms. The number of fused-ring (bicyclic) bond motifs is 1. The molecule has 2 unspecified atom stereocenters. The van der Waals surface area contributed by atoms with Crippen molar-refractivity contribution < 1.29 is 4.74 Å². The third kappa shape index (κ3) is 1.16. The molecule has 0 bridgehead atoms. The van der Waals surface area contributed by atoms with Gasteiger partial charge in [-0.15, -0.1) is 0 Å². The van der Waals surface area contributed by atoms with E-state index in [1.54, 1.807) is 0 Å². The monoisotopic (exact) mass is 124 g/mol. The number of rotatable bonds is 0. The van der Waals surface area contributed by atoms with Gasteiger partial charge in [0.25, 0.3) is 0 Å². The Kier molecular flexibility index (Phi) is 1.31. The van der Waals surface area contributed by atoms with Gasteiger partial charge in [-0.3, -0.25) is 0 Å². The summed E-state index contributed by atoms with van der Waals surface area (Å²) in [6.07, 6.45) is 10.8. The van der Waals surface area contributed by atoms with E-state index in [9.17, 15) is 0 Å². The molecule has 9 heavy (non-hydrogen) atoms. The molecule has 0 N–H and O–H groups in total. The number of epoxide rings is 1. The van der Waals surface area contributed by atoms with Crippen LogP contribution < -0.4 is 0 Å². The lowest BCUT2D eigenvalue weighted by molar-refractivity contribution is 0.359. The molecule has 1 aliphatic carbocycles. The molecule has 0 aromatic heterocycles. The third-order valence-corrected chi connectivity index (χ3v) is 2.09. The van der Waals surface area contributed by atoms with Crippen LogP contribution in [0.2, 0.25) is 0 Å². The van der Waals surface area contributed by atoms with Crippen molar-refractivity contribution in [3.05, 3.63) is 12.2 Å². The van der Waals surface area contributed by atoms with Crippen LogP contribution >= 0.6 is 0 Å². The third-order valence-electron chi connectivity index (χ3n) is 2.09. The van der Waals surface area contributed by atoms with Crippen LogP contribution in [-0.4, -0.2) is 12.2 Å². The number of hydrogen-bond donors (Lipinski definition) is 0. The van der Waals surface area contributed by atoms with E-state index in [2.05, 4.69) is 12.2 Å². The van der Waals surface area contributed by atoms with Crippen LogP contribution in [0, 0.1) is 0 Å². The maximum Gasteiger partial charge on any atom is 0.0845 e. The van der Waals surface area contributed by atoms with Gasteiger partial charge in [0.05, 0.1) is 12.2 Å². The molecule has 0 saturated carbocycles. The first-order chi connectivity index (χ1) is 4.47. The van der Waals surface area contributed by atoms with Gasteiger partial charge in [0.1, 0.15) is 0 Å². The molecule has 2 rings (SSSR count). The molecule has 0 aromatic carbocycles. The minimum atomic E-state index is 0.634. The molecule has 50 valence electrons. The zero-order chi connectivity index (χ0) is 6.10. The zero-order valence-corrected chi connectivity index (χ0v) is 5.55. The SMILES string of the molecule is C1=C\CCC2OC2CC/1. The van der Waals surface area contributed by atoms with Crippen LogP contribution in [0.4, 0.5) is 0 Å². The highest BCUT2D eigenvalue weighted by atomic mass is 16.6. The smallest absolute Gasteiger partial charge is 0.0845 e. The summed E-state index contributed by atoms with van der Waals surface area (Å²) in [5, 5.41) is 0. The van der Waals surface area contributed by atoms with Crippen molar-refractivity contribution in [2.45, 2.75) is 37.9 Å². The highest BCUT2D eigenvalue weighted by molar-refractivity contribution is 4.94. The maximum absolute atomic E-state index is 5.40. The molecule has 1 heterocycles. The molecule has 1 aliphatic heterocycles. The summed E-state index contributed by atoms with van der Waals surface area (Å²) in [5.74, 6) is 0. The number of ether oxygens (including phenoxy) is 1. The topological polar surface area (TPSA) is 12.5 Å². The van der Waals surface area contributed by atoms with Crippen LogP contribution in [0.5, 0.6) is 0 Å². The quantitative estimate of drug-likeness (QED) is 0.355. The maximum atomic E-state index is 5.40. The van der Waals surface area contributed by atoms with Gasteiger partial charge in [0.15, 0.2) is 0 Å². The largest absolute Gasteiger partial charge is 0.370 e. The van der Waals surface area contributed by atoms with Crippen molar-refractivity contribution in [2.24, 2.45) is 0 Å². The fraction of sp³-hybridized carbons (Fsp3) is 0.750. The highest BCUT2D eigenvalue weighted by Gasteiger charge is 2.37. The second-order valence-electron chi connectivity index (χ2n) is 2.84. The first-order valence-electron chi connectivity index (χ1n) is 3.77. The lowest BCUT2D eigenvalue weighted by Crippen LogP contribution is -1.94. The summed E-state index contributed by atoms with van der Waals surface area (Å²) in [6, 6.07) is 0. The average Bonchev–Trinajstić information content (AvgIpc) is 2.46. The second kappa shape index (κ2) is 2.14. The Morgan fingerprint density at radius 1 is 1.00 bits per heavy atom. The number of allylic oxidation sites excluding steroid dienone is 2. The van der Waals surface area contributed by atoms with E-state index in [-0.39, 0.29) is 0 Å². The van der Waals surface area contributed by atoms with Crippen molar-refractivity contribution in [2.75, 3.05) is 0 Å². The molecular formula is C8H12O. The predicted octanol–water partition coefficient (Wildman–Crippen LogP) is 1.88. The molecule has 0 radical (unpaired) electrons. The summed E-state index contributed by atoms with van der Waals surface area (Å²) in [7, 11) is 0. The first kappa shape index (κ1) is 5.48. The van der Waals surface area contributed by atoms with Gasteiger partial charge >= 0.3 is 0 Å². The molecule has 0 amide bonds. The van der Waals surface area contributed by atoms with Gasteiger partial charge in [0, 0.05) is 0 Å². The Labute approximate surface area is 55.7 Å². The molecule has 1 nitrogen and oxygen atoms in total. The molecule has 1 fully saturated rings. The van der Waals surface area contributed by atoms with Crippen LogP contribution in [-0.2, 0) is 4.74 Å². The van der Waals surface area contributed by atoms with Crippen LogP contribution in [0.15, 0.2) is 12.2 Å². The molecule has 0 aromatic rings. The van der Waals surface area contributed by atoms with E-state index in [1.807, 2.05) is 0 Å². The van der Waals surface area contributed by atoms with Gasteiger partial charge in [-0.05, 0) is 25.7 Å². The summed E-state index contributed by atoms with van der Waals surface area (Å²) in [6.45, 7) is 0. The number of hydrogen-bond acceptors (Lipinski definition) is 1. The lowest BCUT2D eigenvalue weighted by Gasteiger charge is -1.95. The zero-order valence-electron chi connectivity index (χ0n) is 5.55. The summed E-state index contributed by atoms with van der Waals surface area (Å²) in [5.41, 5.74) is 0. The van der Waals surface area contributed by atoms with Gasteiger partial charge in [-0.1, -0.05) is 12.2 Å². The summed E-state index contributed by atoms with van der Waals surface area (Å²) >= 11 is 0. The predicted molar refractivity (Wildman–Crippen MR) is 36.3 cm³/mol. The minimum Gasteiger partial charge on any atom is -0.370 e. The Morgan fingerprint density at radius 3 is 2.11 bits per heavy atom. The van der Waals surface area contributed by atoms with Crippen molar-refractivity contribution in [3.8, 4) is 0 Å². The first-order valence-corrected chi connectivity index (χ1v) is 3.77. The van der Waals surface area contributed by atoms with Crippen molar-refractivity contribution in [1.82, 2.24) is 0 Å². The Hall–Kier alpha value is -0.300. The molecule has 1 heteroatoms. The summed E-state index contributed by atoms with van der Waals surface area (Å²) in [4.78, 5) is 0. The fourth-order valence-electron chi connectivity index (χ4n) is 1.44. The molecule has 1 saturated heterocycles. The van der Waals surface area contributed by atoms with Crippen molar-refractivity contribution >= 4 is 0 Å². The van der Waals surface area contributed by atoms with Gasteiger partial charge < -0.3 is 4.74 Å². The van der Waals surface area contributed by atoms with Gasteiger partial charge in [-0.25, -0.2) is 0 Å². The standard InChI is InChI=1S/C8H12O/c1-2-4-6-8-7(9-8)5-3-1/h1-2,7-8H,3-6H2/b2-1-. The van der Waals surface area contributed by atoms with E-state index in [0.29, 0.717) is 12.2 Å². The van der Waals surface area contributed by atoms with E-state index in [0.717, 1.165) is 0 Å².